The molecular formula is C15H32IN3O. The van der Waals surface area contributed by atoms with Crippen LogP contribution in [0.25, 0.3) is 0 Å². The standard InChI is InChI=1S/C15H31N3O.HI/c1-5-15(6-2,8-9-19)11-17-14(16-7-3)18-13-10-12(13)4;/h12-13,19H,5-11H2,1-4H3,(H2,16,17,18);1H. The summed E-state index contributed by atoms with van der Waals surface area (Å²) in [7, 11) is 0. The highest BCUT2D eigenvalue weighted by atomic mass is 127. The maximum atomic E-state index is 9.24. The van der Waals surface area contributed by atoms with E-state index >= 15 is 0 Å². The Balaban J connectivity index is 0.00000361. The number of nitrogens with one attached hydrogen (secondary N) is 2. The molecule has 120 valence electrons. The van der Waals surface area contributed by atoms with Crippen molar-refractivity contribution in [2.24, 2.45) is 16.3 Å². The van der Waals surface area contributed by atoms with Gasteiger partial charge >= 0.3 is 0 Å². The molecule has 2 unspecified atom stereocenters. The van der Waals surface area contributed by atoms with E-state index in [4.69, 9.17) is 4.99 Å². The number of rotatable bonds is 8. The zero-order chi connectivity index (χ0) is 14.3. The topological polar surface area (TPSA) is 56.7 Å². The number of hydrogen-bond acceptors (Lipinski definition) is 2. The Bertz CT molecular complexity index is 293. The Hall–Kier alpha value is -0.0400. The number of nitrogens with zero attached hydrogens (tertiary/aromatic N) is 1. The summed E-state index contributed by atoms with van der Waals surface area (Å²) in [4.78, 5) is 4.74. The lowest BCUT2D eigenvalue weighted by Gasteiger charge is -2.29. The molecule has 1 saturated carbocycles. The van der Waals surface area contributed by atoms with Crippen molar-refractivity contribution in [1.29, 1.82) is 0 Å². The Morgan fingerprint density at radius 2 is 1.90 bits per heavy atom. The highest BCUT2D eigenvalue weighted by Crippen LogP contribution is 2.31. The quantitative estimate of drug-likeness (QED) is 0.335. The van der Waals surface area contributed by atoms with Crippen molar-refractivity contribution < 1.29 is 5.11 Å². The smallest absolute Gasteiger partial charge is 0.191 e. The molecule has 0 spiro atoms. The summed E-state index contributed by atoms with van der Waals surface area (Å²) in [6.07, 6.45) is 4.20. The lowest BCUT2D eigenvalue weighted by Crippen LogP contribution is -2.40. The first kappa shape index (κ1) is 20.0. The maximum Gasteiger partial charge on any atom is 0.191 e. The number of guanidine groups is 1. The van der Waals surface area contributed by atoms with Crippen LogP contribution >= 0.6 is 24.0 Å². The summed E-state index contributed by atoms with van der Waals surface area (Å²) in [6.45, 7) is 10.7. The van der Waals surface area contributed by atoms with Crippen LogP contribution in [0.5, 0.6) is 0 Å². The third-order valence-electron chi connectivity index (χ3n) is 4.49. The fraction of sp³-hybridized carbons (Fsp3) is 0.933. The van der Waals surface area contributed by atoms with Crippen LogP contribution in [0.3, 0.4) is 0 Å². The first-order valence-corrected chi connectivity index (χ1v) is 7.76. The van der Waals surface area contributed by atoms with Gasteiger partial charge in [0.05, 0.1) is 0 Å². The molecular weight excluding hydrogens is 365 g/mol. The van der Waals surface area contributed by atoms with Crippen molar-refractivity contribution in [3.8, 4) is 0 Å². The van der Waals surface area contributed by atoms with E-state index in [9.17, 15) is 5.11 Å². The van der Waals surface area contributed by atoms with Gasteiger partial charge in [-0.3, -0.25) is 4.99 Å². The zero-order valence-electron chi connectivity index (χ0n) is 13.4. The fourth-order valence-corrected chi connectivity index (χ4v) is 2.41. The van der Waals surface area contributed by atoms with Crippen molar-refractivity contribution >= 4 is 29.9 Å². The normalized spacial score (nSPS) is 22.1. The molecule has 1 aliphatic rings. The summed E-state index contributed by atoms with van der Waals surface area (Å²) in [5, 5.41) is 16.0. The van der Waals surface area contributed by atoms with Crippen molar-refractivity contribution in [1.82, 2.24) is 10.6 Å². The Morgan fingerprint density at radius 3 is 2.30 bits per heavy atom. The van der Waals surface area contributed by atoms with E-state index in [1.54, 1.807) is 0 Å². The van der Waals surface area contributed by atoms with E-state index in [0.29, 0.717) is 6.04 Å². The highest BCUT2D eigenvalue weighted by Gasteiger charge is 2.33. The fourth-order valence-electron chi connectivity index (χ4n) is 2.41. The highest BCUT2D eigenvalue weighted by molar-refractivity contribution is 14.0. The van der Waals surface area contributed by atoms with E-state index in [-0.39, 0.29) is 36.0 Å². The lowest BCUT2D eigenvalue weighted by atomic mass is 9.79. The summed E-state index contributed by atoms with van der Waals surface area (Å²) in [5.41, 5.74) is 0.145. The second-order valence-corrected chi connectivity index (χ2v) is 5.84. The maximum absolute atomic E-state index is 9.24. The molecule has 0 aliphatic heterocycles. The van der Waals surface area contributed by atoms with Crippen LogP contribution < -0.4 is 10.6 Å². The molecule has 1 fully saturated rings. The predicted molar refractivity (Wildman–Crippen MR) is 96.8 cm³/mol. The molecule has 0 bridgehead atoms. The largest absolute Gasteiger partial charge is 0.396 e. The second kappa shape index (κ2) is 9.82. The molecule has 20 heavy (non-hydrogen) atoms. The Labute approximate surface area is 141 Å². The molecule has 3 N–H and O–H groups in total. The number of aliphatic hydroxyl groups is 1. The monoisotopic (exact) mass is 397 g/mol. The van der Waals surface area contributed by atoms with Gasteiger partial charge < -0.3 is 15.7 Å². The van der Waals surface area contributed by atoms with Crippen molar-refractivity contribution in [3.63, 3.8) is 0 Å². The molecule has 0 amide bonds. The van der Waals surface area contributed by atoms with Gasteiger partial charge in [-0.15, -0.1) is 24.0 Å². The molecule has 0 aromatic rings. The van der Waals surface area contributed by atoms with Gasteiger partial charge in [-0.05, 0) is 43.9 Å². The van der Waals surface area contributed by atoms with Crippen molar-refractivity contribution in [2.75, 3.05) is 19.7 Å². The van der Waals surface area contributed by atoms with E-state index in [1.165, 1.54) is 6.42 Å². The summed E-state index contributed by atoms with van der Waals surface area (Å²) < 4.78 is 0. The molecule has 0 saturated heterocycles. The minimum Gasteiger partial charge on any atom is -0.396 e. The van der Waals surface area contributed by atoms with E-state index < -0.39 is 0 Å². The summed E-state index contributed by atoms with van der Waals surface area (Å²) in [5.74, 6) is 1.70. The number of halogens is 1. The van der Waals surface area contributed by atoms with Crippen LogP contribution in [-0.2, 0) is 0 Å². The molecule has 1 aliphatic carbocycles. The van der Waals surface area contributed by atoms with E-state index in [2.05, 4.69) is 38.3 Å². The molecule has 0 aromatic carbocycles. The first-order chi connectivity index (χ1) is 9.10. The minimum atomic E-state index is 0. The lowest BCUT2D eigenvalue weighted by molar-refractivity contribution is 0.175. The van der Waals surface area contributed by atoms with Crippen molar-refractivity contribution in [3.05, 3.63) is 0 Å². The van der Waals surface area contributed by atoms with Crippen molar-refractivity contribution in [2.45, 2.75) is 59.4 Å². The first-order valence-electron chi connectivity index (χ1n) is 7.76. The molecule has 5 heteroatoms. The molecule has 0 aromatic heterocycles. The summed E-state index contributed by atoms with van der Waals surface area (Å²) in [6, 6.07) is 0.591. The Morgan fingerprint density at radius 1 is 1.30 bits per heavy atom. The van der Waals surface area contributed by atoms with Crippen LogP contribution in [0.15, 0.2) is 4.99 Å². The predicted octanol–water partition coefficient (Wildman–Crippen LogP) is 2.76. The van der Waals surface area contributed by atoms with Gasteiger partial charge in [0, 0.05) is 25.7 Å². The second-order valence-electron chi connectivity index (χ2n) is 5.84. The zero-order valence-corrected chi connectivity index (χ0v) is 15.7. The van der Waals surface area contributed by atoms with E-state index in [1.807, 2.05) is 0 Å². The van der Waals surface area contributed by atoms with Gasteiger partial charge in [0.1, 0.15) is 0 Å². The molecule has 1 rings (SSSR count). The van der Waals surface area contributed by atoms with Gasteiger partial charge in [0.15, 0.2) is 5.96 Å². The number of aliphatic imine (C=N–C) groups is 1. The average Bonchev–Trinajstić information content (AvgIpc) is 3.10. The van der Waals surface area contributed by atoms with Gasteiger partial charge in [-0.1, -0.05) is 20.8 Å². The molecule has 2 atom stereocenters. The van der Waals surface area contributed by atoms with Gasteiger partial charge in [-0.2, -0.15) is 0 Å². The van der Waals surface area contributed by atoms with Gasteiger partial charge in [-0.25, -0.2) is 0 Å². The summed E-state index contributed by atoms with van der Waals surface area (Å²) >= 11 is 0. The van der Waals surface area contributed by atoms with Crippen LogP contribution in [0, 0.1) is 11.3 Å². The Kier molecular flexibility index (Phi) is 9.80. The molecule has 0 radical (unpaired) electrons. The van der Waals surface area contributed by atoms with Gasteiger partial charge in [0.2, 0.25) is 0 Å². The third-order valence-corrected chi connectivity index (χ3v) is 4.49. The minimum absolute atomic E-state index is 0. The average molecular weight is 397 g/mol. The van der Waals surface area contributed by atoms with Gasteiger partial charge in [0.25, 0.3) is 0 Å². The third kappa shape index (κ3) is 6.16. The van der Waals surface area contributed by atoms with Crippen LogP contribution in [-0.4, -0.2) is 36.8 Å². The number of aliphatic hydroxyl groups excluding tert-OH is 1. The van der Waals surface area contributed by atoms with Crippen LogP contribution in [0.4, 0.5) is 0 Å². The molecule has 0 heterocycles. The van der Waals surface area contributed by atoms with Crippen LogP contribution in [0.1, 0.15) is 53.4 Å². The molecule has 4 nitrogen and oxygen atoms in total. The SMILES string of the molecule is CCNC(=NCC(CC)(CC)CCO)NC1CC1C.I. The van der Waals surface area contributed by atoms with Crippen LogP contribution in [0.2, 0.25) is 0 Å². The van der Waals surface area contributed by atoms with E-state index in [0.717, 1.165) is 44.2 Å². The number of hydrogen-bond donors (Lipinski definition) is 3.